The molecule has 3 rings (SSSR count). The van der Waals surface area contributed by atoms with E-state index in [4.69, 9.17) is 4.74 Å². The molecule has 1 aromatic rings. The molecule has 2 fully saturated rings. The van der Waals surface area contributed by atoms with Crippen LogP contribution < -0.4 is 5.32 Å². The molecule has 0 bridgehead atoms. The van der Waals surface area contributed by atoms with Crippen LogP contribution in [0.15, 0.2) is 27.6 Å². The van der Waals surface area contributed by atoms with Gasteiger partial charge in [0.25, 0.3) is 0 Å². The molecule has 2 aliphatic heterocycles. The zero-order chi connectivity index (χ0) is 14.9. The fourth-order valence-corrected chi connectivity index (χ4v) is 5.18. The Morgan fingerprint density at radius 1 is 1.29 bits per heavy atom. The second kappa shape index (κ2) is 6.34. The molecule has 0 spiro atoms. The van der Waals surface area contributed by atoms with Gasteiger partial charge in [-0.05, 0) is 33.6 Å². The van der Waals surface area contributed by atoms with Crippen LogP contribution in [0.5, 0.6) is 0 Å². The Bertz CT molecular complexity index is 611. The minimum absolute atomic E-state index is 0.303. The maximum atomic E-state index is 12.4. The number of rotatable bonds is 4. The third-order valence-corrected chi connectivity index (χ3v) is 7.00. The second-order valence-electron chi connectivity index (χ2n) is 5.50. The summed E-state index contributed by atoms with van der Waals surface area (Å²) in [5.41, 5.74) is 1.13. The van der Waals surface area contributed by atoms with E-state index < -0.39 is 15.1 Å². The van der Waals surface area contributed by atoms with Gasteiger partial charge in [-0.3, -0.25) is 4.90 Å². The molecule has 0 atom stereocenters. The maximum absolute atomic E-state index is 12.4. The summed E-state index contributed by atoms with van der Waals surface area (Å²) in [4.78, 5) is 2.74. The van der Waals surface area contributed by atoms with Crippen LogP contribution in [-0.4, -0.2) is 58.0 Å². The average molecular weight is 375 g/mol. The van der Waals surface area contributed by atoms with Gasteiger partial charge in [0.1, 0.15) is 5.25 Å². The van der Waals surface area contributed by atoms with Crippen molar-refractivity contribution in [3.63, 3.8) is 0 Å². The first-order valence-electron chi connectivity index (χ1n) is 7.10. The SMILES string of the molecule is O=S(=O)(c1ccc(CN2CCNCC2)cc1Br)C1COC1. The summed E-state index contributed by atoms with van der Waals surface area (Å²) in [5, 5.41) is 2.93. The molecule has 0 amide bonds. The molecule has 0 aromatic heterocycles. The molecule has 0 unspecified atom stereocenters. The summed E-state index contributed by atoms with van der Waals surface area (Å²) in [6, 6.07) is 5.56. The van der Waals surface area contributed by atoms with E-state index in [0.29, 0.717) is 22.6 Å². The summed E-state index contributed by atoms with van der Waals surface area (Å²) in [6.07, 6.45) is 0. The Labute approximate surface area is 133 Å². The third-order valence-electron chi connectivity index (χ3n) is 3.96. The zero-order valence-electron chi connectivity index (χ0n) is 11.7. The van der Waals surface area contributed by atoms with Gasteiger partial charge in [-0.2, -0.15) is 0 Å². The zero-order valence-corrected chi connectivity index (χ0v) is 14.1. The predicted octanol–water partition coefficient (Wildman–Crippen LogP) is 1.03. The van der Waals surface area contributed by atoms with E-state index in [0.717, 1.165) is 38.3 Å². The highest BCUT2D eigenvalue weighted by Gasteiger charge is 2.35. The molecule has 0 radical (unpaired) electrons. The number of sulfone groups is 1. The monoisotopic (exact) mass is 374 g/mol. The normalized spacial score (nSPS) is 21.2. The van der Waals surface area contributed by atoms with Gasteiger partial charge in [-0.15, -0.1) is 0 Å². The lowest BCUT2D eigenvalue weighted by Crippen LogP contribution is -2.42. The van der Waals surface area contributed by atoms with Crippen molar-refractivity contribution in [2.24, 2.45) is 0 Å². The number of nitrogens with one attached hydrogen (secondary N) is 1. The Morgan fingerprint density at radius 3 is 2.57 bits per heavy atom. The van der Waals surface area contributed by atoms with Crippen LogP contribution in [0.25, 0.3) is 0 Å². The molecule has 2 heterocycles. The lowest BCUT2D eigenvalue weighted by Gasteiger charge is -2.28. The van der Waals surface area contributed by atoms with Crippen molar-refractivity contribution in [1.29, 1.82) is 0 Å². The first kappa shape index (κ1) is 15.4. The highest BCUT2D eigenvalue weighted by Crippen LogP contribution is 2.29. The number of ether oxygens (including phenoxy) is 1. The van der Waals surface area contributed by atoms with Crippen molar-refractivity contribution >= 4 is 25.8 Å². The predicted molar refractivity (Wildman–Crippen MR) is 84.1 cm³/mol. The Morgan fingerprint density at radius 2 is 2.00 bits per heavy atom. The number of hydrogen-bond donors (Lipinski definition) is 1. The summed E-state index contributed by atoms with van der Waals surface area (Å²) < 4.78 is 30.5. The molecule has 0 saturated carbocycles. The van der Waals surface area contributed by atoms with E-state index >= 15 is 0 Å². The van der Waals surface area contributed by atoms with Gasteiger partial charge < -0.3 is 10.1 Å². The van der Waals surface area contributed by atoms with E-state index in [1.54, 1.807) is 6.07 Å². The Hall–Kier alpha value is -0.470. The van der Waals surface area contributed by atoms with Gasteiger partial charge in [0.05, 0.1) is 18.1 Å². The van der Waals surface area contributed by atoms with E-state index in [9.17, 15) is 8.42 Å². The molecule has 2 aliphatic rings. The number of halogens is 1. The molecule has 1 N–H and O–H groups in total. The summed E-state index contributed by atoms with van der Waals surface area (Å²) in [5.74, 6) is 0. The van der Waals surface area contributed by atoms with Crippen molar-refractivity contribution in [3.8, 4) is 0 Å². The van der Waals surface area contributed by atoms with Crippen molar-refractivity contribution in [3.05, 3.63) is 28.2 Å². The van der Waals surface area contributed by atoms with Crippen LogP contribution in [0.2, 0.25) is 0 Å². The minimum atomic E-state index is -3.28. The number of piperazine rings is 1. The molecule has 7 heteroatoms. The summed E-state index contributed by atoms with van der Waals surface area (Å²) >= 11 is 3.42. The Balaban J connectivity index is 1.76. The lowest BCUT2D eigenvalue weighted by molar-refractivity contribution is 0.0416. The van der Waals surface area contributed by atoms with Gasteiger partial charge in [-0.1, -0.05) is 6.07 Å². The summed E-state index contributed by atoms with van der Waals surface area (Å²) in [7, 11) is -3.28. The van der Waals surface area contributed by atoms with E-state index in [1.165, 1.54) is 0 Å². The van der Waals surface area contributed by atoms with E-state index in [2.05, 4.69) is 26.1 Å². The second-order valence-corrected chi connectivity index (χ2v) is 8.55. The smallest absolute Gasteiger partial charge is 0.186 e. The highest BCUT2D eigenvalue weighted by molar-refractivity contribution is 9.10. The van der Waals surface area contributed by atoms with Crippen LogP contribution in [-0.2, 0) is 21.1 Å². The van der Waals surface area contributed by atoms with Crippen LogP contribution in [0, 0.1) is 0 Å². The first-order valence-corrected chi connectivity index (χ1v) is 9.44. The molecule has 5 nitrogen and oxygen atoms in total. The topological polar surface area (TPSA) is 58.6 Å². The van der Waals surface area contributed by atoms with Gasteiger partial charge >= 0.3 is 0 Å². The molecular weight excluding hydrogens is 356 g/mol. The fraction of sp³-hybridized carbons (Fsp3) is 0.571. The quantitative estimate of drug-likeness (QED) is 0.852. The van der Waals surface area contributed by atoms with Crippen molar-refractivity contribution in [1.82, 2.24) is 10.2 Å². The molecular formula is C14H19BrN2O3S. The average Bonchev–Trinajstić information content (AvgIpc) is 2.37. The number of nitrogens with zero attached hydrogens (tertiary/aromatic N) is 1. The number of hydrogen-bond acceptors (Lipinski definition) is 5. The van der Waals surface area contributed by atoms with Crippen LogP contribution in [0.4, 0.5) is 0 Å². The number of benzene rings is 1. The minimum Gasteiger partial charge on any atom is -0.379 e. The molecule has 2 saturated heterocycles. The highest BCUT2D eigenvalue weighted by atomic mass is 79.9. The lowest BCUT2D eigenvalue weighted by atomic mass is 10.2. The van der Waals surface area contributed by atoms with Gasteiger partial charge in [-0.25, -0.2) is 8.42 Å². The van der Waals surface area contributed by atoms with E-state index in [-0.39, 0.29) is 0 Å². The van der Waals surface area contributed by atoms with Gasteiger partial charge in [0.15, 0.2) is 9.84 Å². The van der Waals surface area contributed by atoms with Crippen LogP contribution in [0.3, 0.4) is 0 Å². The van der Waals surface area contributed by atoms with Gasteiger partial charge in [0, 0.05) is 37.2 Å². The molecule has 1 aromatic carbocycles. The van der Waals surface area contributed by atoms with Crippen LogP contribution in [0.1, 0.15) is 5.56 Å². The van der Waals surface area contributed by atoms with Crippen molar-refractivity contribution < 1.29 is 13.2 Å². The van der Waals surface area contributed by atoms with Crippen molar-refractivity contribution in [2.45, 2.75) is 16.7 Å². The molecule has 21 heavy (non-hydrogen) atoms. The van der Waals surface area contributed by atoms with E-state index in [1.807, 2.05) is 12.1 Å². The fourth-order valence-electron chi connectivity index (χ4n) is 2.57. The van der Waals surface area contributed by atoms with Crippen LogP contribution >= 0.6 is 15.9 Å². The third kappa shape index (κ3) is 3.32. The van der Waals surface area contributed by atoms with Gasteiger partial charge in [0.2, 0.25) is 0 Å². The molecule has 0 aliphatic carbocycles. The summed E-state index contributed by atoms with van der Waals surface area (Å²) in [6.45, 7) is 5.53. The standard InChI is InChI=1S/C14H19BrN2O3S/c15-13-7-11(8-17-5-3-16-4-6-17)1-2-14(13)21(18,19)12-9-20-10-12/h1-2,7,12,16H,3-6,8-10H2. The maximum Gasteiger partial charge on any atom is 0.186 e. The molecule has 116 valence electrons. The largest absolute Gasteiger partial charge is 0.379 e. The van der Waals surface area contributed by atoms with Crippen molar-refractivity contribution in [2.75, 3.05) is 39.4 Å². The Kier molecular flexibility index (Phi) is 4.66. The first-order chi connectivity index (χ1) is 10.1.